The normalized spacial score (nSPS) is 18.6. The maximum absolute atomic E-state index is 14.7. The van der Waals surface area contributed by atoms with E-state index in [-0.39, 0.29) is 11.5 Å². The first-order chi connectivity index (χ1) is 15.7. The smallest absolute Gasteiger partial charge is 0.267 e. The van der Waals surface area contributed by atoms with E-state index in [9.17, 15) is 17.6 Å². The Labute approximate surface area is 195 Å². The second kappa shape index (κ2) is 9.81. The molecule has 1 aliphatic heterocycles. The zero-order valence-corrected chi connectivity index (χ0v) is 19.9. The SMILES string of the molecule is CC(c1ccccc1)N1CCC(COc2cc(F)c(C(=O)NS(C)(=O)=O)cc2C2CC2)CC1. The van der Waals surface area contributed by atoms with Crippen molar-refractivity contribution in [1.29, 1.82) is 0 Å². The number of halogens is 1. The lowest BCUT2D eigenvalue weighted by atomic mass is 9.95. The molecule has 1 amide bonds. The summed E-state index contributed by atoms with van der Waals surface area (Å²) in [4.78, 5) is 14.7. The number of sulfonamides is 1. The first-order valence-electron chi connectivity index (χ1n) is 11.5. The summed E-state index contributed by atoms with van der Waals surface area (Å²) in [5, 5.41) is 0. The number of likely N-dealkylation sites (tertiary alicyclic amines) is 1. The molecule has 2 aromatic rings. The van der Waals surface area contributed by atoms with Crippen LogP contribution in [0, 0.1) is 11.7 Å². The van der Waals surface area contributed by atoms with E-state index in [1.807, 2.05) is 10.8 Å². The van der Waals surface area contributed by atoms with Gasteiger partial charge in [-0.15, -0.1) is 0 Å². The third kappa shape index (κ3) is 6.12. The molecule has 8 heteroatoms. The lowest BCUT2D eigenvalue weighted by Gasteiger charge is -2.36. The van der Waals surface area contributed by atoms with Crippen LogP contribution in [0.15, 0.2) is 42.5 Å². The summed E-state index contributed by atoms with van der Waals surface area (Å²) in [5.41, 5.74) is 1.83. The van der Waals surface area contributed by atoms with Gasteiger partial charge < -0.3 is 4.74 Å². The number of ether oxygens (including phenoxy) is 1. The number of piperidine rings is 1. The van der Waals surface area contributed by atoms with E-state index in [0.29, 0.717) is 24.3 Å². The summed E-state index contributed by atoms with van der Waals surface area (Å²) < 4.78 is 45.3. The number of nitrogens with one attached hydrogen (secondary N) is 1. The van der Waals surface area contributed by atoms with Crippen molar-refractivity contribution in [2.45, 2.75) is 44.6 Å². The van der Waals surface area contributed by atoms with Gasteiger partial charge in [0.25, 0.3) is 5.91 Å². The Kier molecular flexibility index (Phi) is 7.05. The molecule has 1 atom stereocenters. The van der Waals surface area contributed by atoms with Gasteiger partial charge in [0, 0.05) is 12.1 Å². The zero-order valence-electron chi connectivity index (χ0n) is 19.1. The Bertz CT molecular complexity index is 1090. The van der Waals surface area contributed by atoms with Gasteiger partial charge in [-0.25, -0.2) is 17.5 Å². The largest absolute Gasteiger partial charge is 0.493 e. The average Bonchev–Trinajstić information content (AvgIpc) is 3.62. The zero-order chi connectivity index (χ0) is 23.6. The number of benzene rings is 2. The molecular formula is C25H31FN2O4S. The number of carbonyl (C=O) groups excluding carboxylic acids is 1. The highest BCUT2D eigenvalue weighted by Crippen LogP contribution is 2.45. The van der Waals surface area contributed by atoms with Gasteiger partial charge in [-0.3, -0.25) is 9.69 Å². The Morgan fingerprint density at radius 2 is 1.82 bits per heavy atom. The third-order valence-corrected chi connectivity index (χ3v) is 7.15. The molecule has 1 saturated carbocycles. The van der Waals surface area contributed by atoms with E-state index < -0.39 is 21.7 Å². The molecule has 0 radical (unpaired) electrons. The highest BCUT2D eigenvalue weighted by Gasteiger charge is 2.31. The van der Waals surface area contributed by atoms with Gasteiger partial charge in [0.1, 0.15) is 11.6 Å². The molecule has 33 heavy (non-hydrogen) atoms. The molecule has 6 nitrogen and oxygen atoms in total. The number of hydrogen-bond donors (Lipinski definition) is 1. The van der Waals surface area contributed by atoms with E-state index in [1.165, 1.54) is 17.7 Å². The number of amides is 1. The lowest BCUT2D eigenvalue weighted by molar-refractivity contribution is 0.0977. The molecule has 2 aromatic carbocycles. The van der Waals surface area contributed by atoms with E-state index >= 15 is 0 Å². The van der Waals surface area contributed by atoms with Gasteiger partial charge in [-0.05, 0) is 74.7 Å². The summed E-state index contributed by atoms with van der Waals surface area (Å²) in [7, 11) is -3.77. The van der Waals surface area contributed by atoms with Crippen LogP contribution in [-0.4, -0.2) is 45.2 Å². The van der Waals surface area contributed by atoms with Crippen molar-refractivity contribution < 1.29 is 22.3 Å². The molecule has 1 unspecified atom stereocenters. The lowest BCUT2D eigenvalue weighted by Crippen LogP contribution is -2.37. The van der Waals surface area contributed by atoms with E-state index in [2.05, 4.69) is 36.1 Å². The topological polar surface area (TPSA) is 75.7 Å². The molecule has 2 fully saturated rings. The van der Waals surface area contributed by atoms with Crippen LogP contribution in [0.3, 0.4) is 0 Å². The molecule has 178 valence electrons. The molecule has 2 aliphatic rings. The highest BCUT2D eigenvalue weighted by atomic mass is 32.2. The van der Waals surface area contributed by atoms with Crippen LogP contribution in [0.5, 0.6) is 5.75 Å². The summed E-state index contributed by atoms with van der Waals surface area (Å²) in [6, 6.07) is 13.5. The monoisotopic (exact) mass is 474 g/mol. The standard InChI is InChI=1S/C25H31FN2O4S/c1-17(19-6-4-3-5-7-19)28-12-10-18(11-13-28)16-32-24-15-23(26)22(14-21(24)20-8-9-20)25(29)27-33(2,30)31/h3-7,14-15,17-18,20H,8-13,16H2,1-2H3,(H,27,29). The minimum Gasteiger partial charge on any atom is -0.493 e. The van der Waals surface area contributed by atoms with Crippen molar-refractivity contribution in [2.75, 3.05) is 26.0 Å². The fourth-order valence-electron chi connectivity index (χ4n) is 4.46. The van der Waals surface area contributed by atoms with Gasteiger partial charge in [-0.2, -0.15) is 0 Å². The quantitative estimate of drug-likeness (QED) is 0.619. The van der Waals surface area contributed by atoms with Crippen LogP contribution in [0.25, 0.3) is 0 Å². The fourth-order valence-corrected chi connectivity index (χ4v) is 4.91. The molecular weight excluding hydrogens is 443 g/mol. The van der Waals surface area contributed by atoms with Crippen LogP contribution < -0.4 is 9.46 Å². The van der Waals surface area contributed by atoms with E-state index in [4.69, 9.17) is 4.74 Å². The van der Waals surface area contributed by atoms with Gasteiger partial charge in [0.15, 0.2) is 0 Å². The second-order valence-electron chi connectivity index (χ2n) is 9.22. The van der Waals surface area contributed by atoms with Crippen molar-refractivity contribution in [3.63, 3.8) is 0 Å². The van der Waals surface area contributed by atoms with Crippen molar-refractivity contribution >= 4 is 15.9 Å². The van der Waals surface area contributed by atoms with Crippen LogP contribution in [-0.2, 0) is 10.0 Å². The van der Waals surface area contributed by atoms with Crippen LogP contribution in [0.4, 0.5) is 4.39 Å². The summed E-state index contributed by atoms with van der Waals surface area (Å²) in [6.45, 7) is 4.71. The number of rotatable bonds is 8. The summed E-state index contributed by atoms with van der Waals surface area (Å²) >= 11 is 0. The number of nitrogens with zero attached hydrogens (tertiary/aromatic N) is 1. The van der Waals surface area contributed by atoms with Gasteiger partial charge in [-0.1, -0.05) is 30.3 Å². The molecule has 0 bridgehead atoms. The van der Waals surface area contributed by atoms with Crippen LogP contribution in [0.1, 0.15) is 66.1 Å². The highest BCUT2D eigenvalue weighted by molar-refractivity contribution is 7.89. The first kappa shape index (κ1) is 23.7. The second-order valence-corrected chi connectivity index (χ2v) is 11.0. The summed E-state index contributed by atoms with van der Waals surface area (Å²) in [5.74, 6) is -0.664. The van der Waals surface area contributed by atoms with Crippen LogP contribution in [0.2, 0.25) is 0 Å². The molecule has 1 heterocycles. The van der Waals surface area contributed by atoms with E-state index in [0.717, 1.165) is 50.6 Å². The molecule has 1 N–H and O–H groups in total. The molecule has 1 aliphatic carbocycles. The average molecular weight is 475 g/mol. The predicted octanol–water partition coefficient (Wildman–Crippen LogP) is 4.24. The molecule has 0 spiro atoms. The summed E-state index contributed by atoms with van der Waals surface area (Å²) in [6.07, 6.45) is 4.78. The van der Waals surface area contributed by atoms with Gasteiger partial charge in [0.2, 0.25) is 10.0 Å². The first-order valence-corrected chi connectivity index (χ1v) is 13.4. The predicted molar refractivity (Wildman–Crippen MR) is 125 cm³/mol. The number of hydrogen-bond acceptors (Lipinski definition) is 5. The van der Waals surface area contributed by atoms with Crippen molar-refractivity contribution in [3.05, 3.63) is 65.0 Å². The fraction of sp³-hybridized carbons (Fsp3) is 0.480. The maximum Gasteiger partial charge on any atom is 0.267 e. The van der Waals surface area contributed by atoms with Crippen molar-refractivity contribution in [2.24, 2.45) is 5.92 Å². The minimum absolute atomic E-state index is 0.221. The Morgan fingerprint density at radius 1 is 1.15 bits per heavy atom. The van der Waals surface area contributed by atoms with Gasteiger partial charge >= 0.3 is 0 Å². The van der Waals surface area contributed by atoms with Gasteiger partial charge in [0.05, 0.1) is 18.4 Å². The Hall–Kier alpha value is -2.45. The molecule has 0 aromatic heterocycles. The van der Waals surface area contributed by atoms with Crippen molar-refractivity contribution in [1.82, 2.24) is 9.62 Å². The minimum atomic E-state index is -3.77. The number of carbonyl (C=O) groups is 1. The maximum atomic E-state index is 14.7. The third-order valence-electron chi connectivity index (χ3n) is 6.59. The van der Waals surface area contributed by atoms with Crippen LogP contribution >= 0.6 is 0 Å². The Balaban J connectivity index is 1.38. The van der Waals surface area contributed by atoms with E-state index in [1.54, 1.807) is 0 Å². The molecule has 4 rings (SSSR count). The Morgan fingerprint density at radius 3 is 2.42 bits per heavy atom. The van der Waals surface area contributed by atoms with Crippen molar-refractivity contribution in [3.8, 4) is 5.75 Å². The molecule has 1 saturated heterocycles.